The van der Waals surface area contributed by atoms with Gasteiger partial charge in [-0.1, -0.05) is 61.8 Å². The van der Waals surface area contributed by atoms with Crippen molar-refractivity contribution in [3.63, 3.8) is 0 Å². The number of benzene rings is 1. The SMILES string of the molecule is S=c1[nH]c(C2(c3ccccc3)CCCCC2)ncc1Br. The number of nitrogens with one attached hydrogen (secondary N) is 1. The second kappa shape index (κ2) is 5.78. The fourth-order valence-electron chi connectivity index (χ4n) is 3.20. The molecular weight excluding hydrogens is 332 g/mol. The molecule has 0 saturated heterocycles. The largest absolute Gasteiger partial charge is 0.333 e. The molecule has 0 aliphatic heterocycles. The van der Waals surface area contributed by atoms with Crippen LogP contribution in [0.1, 0.15) is 43.5 Å². The van der Waals surface area contributed by atoms with Crippen molar-refractivity contribution in [3.8, 4) is 0 Å². The quantitative estimate of drug-likeness (QED) is 0.760. The Morgan fingerprint density at radius 2 is 1.80 bits per heavy atom. The number of hydrogen-bond acceptors (Lipinski definition) is 2. The van der Waals surface area contributed by atoms with E-state index in [4.69, 9.17) is 12.2 Å². The number of halogens is 1. The highest BCUT2D eigenvalue weighted by Crippen LogP contribution is 2.43. The van der Waals surface area contributed by atoms with Gasteiger partial charge in [-0.15, -0.1) is 0 Å². The maximum absolute atomic E-state index is 5.37. The smallest absolute Gasteiger partial charge is 0.120 e. The lowest BCUT2D eigenvalue weighted by Gasteiger charge is -2.37. The van der Waals surface area contributed by atoms with E-state index in [0.717, 1.165) is 27.8 Å². The molecule has 0 amide bonds. The highest BCUT2D eigenvalue weighted by molar-refractivity contribution is 9.10. The first-order chi connectivity index (χ1) is 9.72. The highest BCUT2D eigenvalue weighted by Gasteiger charge is 2.37. The Balaban J connectivity index is 2.15. The van der Waals surface area contributed by atoms with Crippen molar-refractivity contribution in [1.82, 2.24) is 9.97 Å². The van der Waals surface area contributed by atoms with E-state index >= 15 is 0 Å². The monoisotopic (exact) mass is 348 g/mol. The summed E-state index contributed by atoms with van der Waals surface area (Å²) >= 11 is 8.80. The van der Waals surface area contributed by atoms with E-state index in [-0.39, 0.29) is 5.41 Å². The van der Waals surface area contributed by atoms with E-state index in [1.807, 2.05) is 6.20 Å². The summed E-state index contributed by atoms with van der Waals surface area (Å²) in [5.41, 5.74) is 1.34. The lowest BCUT2D eigenvalue weighted by atomic mass is 9.69. The molecule has 1 aromatic heterocycles. The van der Waals surface area contributed by atoms with Gasteiger partial charge in [0.15, 0.2) is 0 Å². The normalized spacial score (nSPS) is 17.9. The maximum atomic E-state index is 5.37. The minimum Gasteiger partial charge on any atom is -0.333 e. The van der Waals surface area contributed by atoms with Gasteiger partial charge in [0.05, 0.1) is 9.89 Å². The Bertz CT molecular complexity index is 645. The topological polar surface area (TPSA) is 28.7 Å². The minimum absolute atomic E-state index is 0.00618. The third-order valence-electron chi connectivity index (χ3n) is 4.24. The van der Waals surface area contributed by atoms with Gasteiger partial charge in [-0.25, -0.2) is 4.98 Å². The van der Waals surface area contributed by atoms with Crippen LogP contribution >= 0.6 is 28.1 Å². The molecule has 4 heteroatoms. The van der Waals surface area contributed by atoms with Gasteiger partial charge in [-0.2, -0.15) is 0 Å². The summed E-state index contributed by atoms with van der Waals surface area (Å²) in [6, 6.07) is 10.7. The average Bonchev–Trinajstić information content (AvgIpc) is 2.51. The number of rotatable bonds is 2. The molecule has 1 saturated carbocycles. The first kappa shape index (κ1) is 14.0. The minimum atomic E-state index is -0.00618. The van der Waals surface area contributed by atoms with Crippen LogP contribution in [-0.2, 0) is 5.41 Å². The lowest BCUT2D eigenvalue weighted by Crippen LogP contribution is -2.32. The van der Waals surface area contributed by atoms with Crippen molar-refractivity contribution >= 4 is 28.1 Å². The summed E-state index contributed by atoms with van der Waals surface area (Å²) in [4.78, 5) is 7.98. The summed E-state index contributed by atoms with van der Waals surface area (Å²) in [5, 5.41) is 0. The predicted molar refractivity (Wildman–Crippen MR) is 87.4 cm³/mol. The molecular formula is C16H17BrN2S. The Kier molecular flexibility index (Phi) is 4.03. The standard InChI is InChI=1S/C16H17BrN2S/c17-13-11-18-15(19-14(13)20)16(9-5-2-6-10-16)12-7-3-1-4-8-12/h1,3-4,7-8,11H,2,5-6,9-10H2,(H,18,19,20). The molecule has 1 fully saturated rings. The van der Waals surface area contributed by atoms with E-state index in [1.165, 1.54) is 24.8 Å². The number of hydrogen-bond donors (Lipinski definition) is 1. The molecule has 104 valence electrons. The van der Waals surface area contributed by atoms with Gasteiger partial charge >= 0.3 is 0 Å². The zero-order chi connectivity index (χ0) is 14.0. The fourth-order valence-corrected chi connectivity index (χ4v) is 3.55. The molecule has 0 atom stereocenters. The molecule has 1 heterocycles. The van der Waals surface area contributed by atoms with E-state index in [0.29, 0.717) is 0 Å². The van der Waals surface area contributed by atoms with Gasteiger partial charge in [0.1, 0.15) is 10.5 Å². The molecule has 0 bridgehead atoms. The zero-order valence-electron chi connectivity index (χ0n) is 11.2. The second-order valence-electron chi connectivity index (χ2n) is 5.42. The van der Waals surface area contributed by atoms with Crippen LogP contribution in [0.3, 0.4) is 0 Å². The van der Waals surface area contributed by atoms with Crippen LogP contribution in [0.5, 0.6) is 0 Å². The van der Waals surface area contributed by atoms with E-state index in [2.05, 4.69) is 56.2 Å². The summed E-state index contributed by atoms with van der Waals surface area (Å²) in [7, 11) is 0. The van der Waals surface area contributed by atoms with Crippen LogP contribution in [0, 0.1) is 4.64 Å². The summed E-state index contributed by atoms with van der Waals surface area (Å²) < 4.78 is 1.59. The number of aromatic amines is 1. The molecule has 1 aliphatic carbocycles. The summed E-state index contributed by atoms with van der Waals surface area (Å²) in [5.74, 6) is 1.01. The van der Waals surface area contributed by atoms with Crippen molar-refractivity contribution in [2.45, 2.75) is 37.5 Å². The van der Waals surface area contributed by atoms with Gasteiger partial charge in [-0.05, 0) is 34.3 Å². The van der Waals surface area contributed by atoms with Crippen LogP contribution in [0.2, 0.25) is 0 Å². The second-order valence-corrected chi connectivity index (χ2v) is 6.68. The summed E-state index contributed by atoms with van der Waals surface area (Å²) in [6.07, 6.45) is 7.90. The maximum Gasteiger partial charge on any atom is 0.120 e. The molecule has 0 radical (unpaired) electrons. The molecule has 1 aliphatic rings. The van der Waals surface area contributed by atoms with Gasteiger partial charge in [0.2, 0.25) is 0 Å². The number of H-pyrrole nitrogens is 1. The Hall–Kier alpha value is -1.00. The first-order valence-electron chi connectivity index (χ1n) is 7.03. The molecule has 2 nitrogen and oxygen atoms in total. The molecule has 0 unspecified atom stereocenters. The van der Waals surface area contributed by atoms with E-state index < -0.39 is 0 Å². The number of aromatic nitrogens is 2. The van der Waals surface area contributed by atoms with Crippen molar-refractivity contribution in [2.24, 2.45) is 0 Å². The molecule has 1 aromatic carbocycles. The number of nitrogens with zero attached hydrogens (tertiary/aromatic N) is 1. The van der Waals surface area contributed by atoms with Gasteiger partial charge in [-0.3, -0.25) is 0 Å². The van der Waals surface area contributed by atoms with Crippen LogP contribution in [0.4, 0.5) is 0 Å². The van der Waals surface area contributed by atoms with Crippen molar-refractivity contribution in [2.75, 3.05) is 0 Å². The lowest BCUT2D eigenvalue weighted by molar-refractivity contribution is 0.330. The van der Waals surface area contributed by atoms with E-state index in [9.17, 15) is 0 Å². The van der Waals surface area contributed by atoms with Crippen molar-refractivity contribution in [3.05, 3.63) is 57.0 Å². The fraction of sp³-hybridized carbons (Fsp3) is 0.375. The van der Waals surface area contributed by atoms with Crippen molar-refractivity contribution in [1.29, 1.82) is 0 Å². The van der Waals surface area contributed by atoms with E-state index in [1.54, 1.807) is 0 Å². The van der Waals surface area contributed by atoms with Crippen molar-refractivity contribution < 1.29 is 0 Å². The Morgan fingerprint density at radius 1 is 1.10 bits per heavy atom. The molecule has 1 N–H and O–H groups in total. The Morgan fingerprint density at radius 3 is 2.45 bits per heavy atom. The third-order valence-corrected chi connectivity index (χ3v) is 5.43. The zero-order valence-corrected chi connectivity index (χ0v) is 13.6. The van der Waals surface area contributed by atoms with Gasteiger partial charge < -0.3 is 4.98 Å². The first-order valence-corrected chi connectivity index (χ1v) is 8.23. The average molecular weight is 349 g/mol. The van der Waals surface area contributed by atoms with Crippen LogP contribution in [0.25, 0.3) is 0 Å². The predicted octanol–water partition coefficient (Wildman–Crippen LogP) is 5.15. The molecule has 20 heavy (non-hydrogen) atoms. The van der Waals surface area contributed by atoms with Gasteiger partial charge in [0.25, 0.3) is 0 Å². The molecule has 3 rings (SSSR count). The van der Waals surface area contributed by atoms with Crippen LogP contribution in [-0.4, -0.2) is 9.97 Å². The van der Waals surface area contributed by atoms with Crippen LogP contribution < -0.4 is 0 Å². The third kappa shape index (κ3) is 2.47. The van der Waals surface area contributed by atoms with Crippen LogP contribution in [0.15, 0.2) is 41.0 Å². The summed E-state index contributed by atoms with van der Waals surface area (Å²) in [6.45, 7) is 0. The highest BCUT2D eigenvalue weighted by atomic mass is 79.9. The van der Waals surface area contributed by atoms with Gasteiger partial charge in [0, 0.05) is 6.20 Å². The Labute approximate surface area is 132 Å². The molecule has 0 spiro atoms. The molecule has 2 aromatic rings.